The molecule has 3 amide bonds. The van der Waals surface area contributed by atoms with Gasteiger partial charge in [-0.15, -0.1) is 0 Å². The minimum absolute atomic E-state index is 0.0344. The van der Waals surface area contributed by atoms with Gasteiger partial charge in [0.15, 0.2) is 0 Å². The molecule has 0 unspecified atom stereocenters. The molecular formula is C43H45Br2N7O7S. The van der Waals surface area contributed by atoms with Crippen molar-refractivity contribution in [2.75, 3.05) is 17.1 Å². The number of anilines is 1. The molecule has 314 valence electrons. The average molecular weight is 964 g/mol. The maximum absolute atomic E-state index is 14.3. The number of benzene rings is 4. The summed E-state index contributed by atoms with van der Waals surface area (Å²) in [5, 5.41) is 23.2. The number of halogens is 2. The number of carbonyl (C=O) groups is 3. The van der Waals surface area contributed by atoms with Crippen LogP contribution in [0.25, 0.3) is 0 Å². The van der Waals surface area contributed by atoms with Gasteiger partial charge in [0.1, 0.15) is 0 Å². The first kappa shape index (κ1) is 45.6. The highest BCUT2D eigenvalue weighted by molar-refractivity contribution is 9.10. The van der Waals surface area contributed by atoms with Crippen LogP contribution in [0.3, 0.4) is 0 Å². The molecule has 0 aliphatic carbocycles. The van der Waals surface area contributed by atoms with Gasteiger partial charge >= 0.3 is 0 Å². The van der Waals surface area contributed by atoms with Crippen molar-refractivity contribution in [1.82, 2.24) is 26.3 Å². The Bertz CT molecular complexity index is 2410. The highest BCUT2D eigenvalue weighted by atomic mass is 79.9. The Hall–Kier alpha value is -5.49. The van der Waals surface area contributed by atoms with Gasteiger partial charge < -0.3 is 21.3 Å². The Morgan fingerprint density at radius 3 is 1.87 bits per heavy atom. The number of hydrogen-bond donors (Lipinski definition) is 4. The molecule has 0 bridgehead atoms. The minimum Gasteiger partial charge on any atom is -0.348 e. The van der Waals surface area contributed by atoms with Crippen molar-refractivity contribution in [1.29, 1.82) is 0 Å². The molecule has 0 saturated carbocycles. The monoisotopic (exact) mass is 961 g/mol. The first-order valence-corrected chi connectivity index (χ1v) is 22.3. The van der Waals surface area contributed by atoms with Crippen LogP contribution < -0.4 is 25.6 Å². The zero-order valence-electron chi connectivity index (χ0n) is 33.3. The smallest absolute Gasteiger partial charge is 0.269 e. The fraction of sp³-hybridized carbons (Fsp3) is 0.256. The first-order valence-electron chi connectivity index (χ1n) is 18.9. The molecule has 17 heteroatoms. The lowest BCUT2D eigenvalue weighted by Gasteiger charge is -2.25. The number of hydrogen-bond acceptors (Lipinski definition) is 9. The summed E-state index contributed by atoms with van der Waals surface area (Å²) in [5.41, 5.74) is 3.02. The molecule has 0 fully saturated rings. The number of pyridine rings is 1. The maximum atomic E-state index is 14.3. The Balaban J connectivity index is 1.41. The Morgan fingerprint density at radius 1 is 0.767 bits per heavy atom. The summed E-state index contributed by atoms with van der Waals surface area (Å²) >= 11 is 6.83. The molecular weight excluding hydrogens is 918 g/mol. The molecule has 4 aromatic carbocycles. The van der Waals surface area contributed by atoms with Crippen LogP contribution in [0.15, 0.2) is 124 Å². The van der Waals surface area contributed by atoms with E-state index in [1.54, 1.807) is 62.5 Å². The lowest BCUT2D eigenvalue weighted by molar-refractivity contribution is -0.384. The molecule has 4 atom stereocenters. The lowest BCUT2D eigenvalue weighted by Crippen LogP contribution is -2.50. The van der Waals surface area contributed by atoms with E-state index >= 15 is 0 Å². The van der Waals surface area contributed by atoms with E-state index in [9.17, 15) is 32.9 Å². The summed E-state index contributed by atoms with van der Waals surface area (Å²) in [6, 6.07) is 28.0. The summed E-state index contributed by atoms with van der Waals surface area (Å²) in [6.45, 7) is 5.32. The molecule has 1 heterocycles. The minimum atomic E-state index is -3.93. The second kappa shape index (κ2) is 20.7. The van der Waals surface area contributed by atoms with Crippen LogP contribution in [0.4, 0.5) is 11.4 Å². The fourth-order valence-corrected chi connectivity index (χ4v) is 7.62. The van der Waals surface area contributed by atoms with E-state index in [0.29, 0.717) is 16.8 Å². The molecule has 0 aliphatic heterocycles. The fourth-order valence-electron chi connectivity index (χ4n) is 6.22. The van der Waals surface area contributed by atoms with E-state index in [4.69, 9.17) is 0 Å². The number of carbonyl (C=O) groups excluding carboxylic acids is 3. The number of nitro groups is 1. The second-order valence-electron chi connectivity index (χ2n) is 14.3. The third-order valence-corrected chi connectivity index (χ3v) is 11.8. The summed E-state index contributed by atoms with van der Waals surface area (Å²) in [6.07, 6.45) is 2.96. The number of nitrogens with one attached hydrogen (secondary N) is 4. The van der Waals surface area contributed by atoms with E-state index in [0.717, 1.165) is 25.1 Å². The predicted octanol–water partition coefficient (Wildman–Crippen LogP) is 7.17. The number of nitro benzene ring substituents is 1. The van der Waals surface area contributed by atoms with E-state index in [1.807, 2.05) is 43.3 Å². The summed E-state index contributed by atoms with van der Waals surface area (Å²) in [5.74, 6) is -1.44. The maximum Gasteiger partial charge on any atom is 0.269 e. The average Bonchev–Trinajstić information content (AvgIpc) is 3.22. The topological polar surface area (TPSA) is 193 Å². The van der Waals surface area contributed by atoms with Crippen LogP contribution in [0, 0.1) is 10.1 Å². The highest BCUT2D eigenvalue weighted by Crippen LogP contribution is 2.26. The molecule has 5 aromatic rings. The third-order valence-electron chi connectivity index (χ3n) is 9.63. The van der Waals surface area contributed by atoms with E-state index in [2.05, 4.69) is 58.1 Å². The number of sulfonamides is 1. The highest BCUT2D eigenvalue weighted by Gasteiger charge is 2.25. The molecule has 0 aliphatic rings. The van der Waals surface area contributed by atoms with Crippen molar-refractivity contribution < 1.29 is 27.7 Å². The lowest BCUT2D eigenvalue weighted by atomic mass is 10.0. The van der Waals surface area contributed by atoms with Crippen molar-refractivity contribution >= 4 is 71.0 Å². The van der Waals surface area contributed by atoms with Crippen LogP contribution in [0.2, 0.25) is 0 Å². The number of aromatic nitrogens is 1. The van der Waals surface area contributed by atoms with Crippen LogP contribution in [-0.4, -0.2) is 60.9 Å². The summed E-state index contributed by atoms with van der Waals surface area (Å²) in [7, 11) is -3.93. The molecule has 0 spiro atoms. The van der Waals surface area contributed by atoms with Crippen LogP contribution in [-0.2, 0) is 27.8 Å². The van der Waals surface area contributed by atoms with E-state index < -0.39 is 50.9 Å². The zero-order valence-corrected chi connectivity index (χ0v) is 37.3. The molecule has 5 rings (SSSR count). The van der Waals surface area contributed by atoms with Gasteiger partial charge in [-0.05, 0) is 92.1 Å². The molecule has 4 N–H and O–H groups in total. The molecule has 0 radical (unpaired) electrons. The van der Waals surface area contributed by atoms with Gasteiger partial charge in [0.25, 0.3) is 17.5 Å². The SMILES string of the molecule is C[C@H](NC[C@H](Cc1ccccn1)NC(=O)c1cc(C(=O)N[C@H](C)c2ccc(Br)cc2)cc(N(Cc2ccc(Br)cc2)S(C)(=O)=O)c1)C(=O)N[C@H](C)c1ccc([N+](=O)[O-])cc1. The van der Waals surface area contributed by atoms with Gasteiger partial charge in [-0.2, -0.15) is 0 Å². The largest absolute Gasteiger partial charge is 0.348 e. The molecule has 14 nitrogen and oxygen atoms in total. The van der Waals surface area contributed by atoms with Gasteiger partial charge in [0, 0.05) is 63.1 Å². The van der Waals surface area contributed by atoms with Gasteiger partial charge in [-0.1, -0.05) is 74.3 Å². The van der Waals surface area contributed by atoms with Gasteiger partial charge in [-0.3, -0.25) is 33.8 Å². The Morgan fingerprint density at radius 2 is 1.32 bits per heavy atom. The summed E-state index contributed by atoms with van der Waals surface area (Å²) < 4.78 is 29.6. The quantitative estimate of drug-likeness (QED) is 0.0521. The number of rotatable bonds is 18. The third kappa shape index (κ3) is 13.0. The molecule has 60 heavy (non-hydrogen) atoms. The molecule has 1 aromatic heterocycles. The number of non-ortho nitro benzene ring substituents is 1. The van der Waals surface area contributed by atoms with Crippen molar-refractivity contribution in [3.63, 3.8) is 0 Å². The van der Waals surface area contributed by atoms with Crippen molar-refractivity contribution in [2.24, 2.45) is 0 Å². The van der Waals surface area contributed by atoms with Crippen LogP contribution in [0.5, 0.6) is 0 Å². The first-order chi connectivity index (χ1) is 28.5. The van der Waals surface area contributed by atoms with Crippen molar-refractivity contribution in [2.45, 2.75) is 57.9 Å². The number of amides is 3. The Labute approximate surface area is 366 Å². The van der Waals surface area contributed by atoms with E-state index in [-0.39, 0.29) is 47.9 Å². The van der Waals surface area contributed by atoms with Gasteiger partial charge in [0.2, 0.25) is 15.9 Å². The normalized spacial score (nSPS) is 13.3. The predicted molar refractivity (Wildman–Crippen MR) is 238 cm³/mol. The summed E-state index contributed by atoms with van der Waals surface area (Å²) in [4.78, 5) is 56.4. The zero-order chi connectivity index (χ0) is 43.6. The van der Waals surface area contributed by atoms with Gasteiger partial charge in [0.05, 0.1) is 41.5 Å². The second-order valence-corrected chi connectivity index (χ2v) is 18.1. The van der Waals surface area contributed by atoms with Gasteiger partial charge in [-0.25, -0.2) is 8.42 Å². The van der Waals surface area contributed by atoms with Crippen molar-refractivity contribution in [3.8, 4) is 0 Å². The van der Waals surface area contributed by atoms with Crippen LogP contribution in [0.1, 0.15) is 76.0 Å². The molecule has 0 saturated heterocycles. The number of nitrogens with zero attached hydrogens (tertiary/aromatic N) is 3. The Kier molecular flexibility index (Phi) is 15.7. The van der Waals surface area contributed by atoms with E-state index in [1.165, 1.54) is 30.3 Å². The van der Waals surface area contributed by atoms with Crippen LogP contribution >= 0.6 is 31.9 Å². The van der Waals surface area contributed by atoms with Crippen molar-refractivity contribution in [3.05, 3.63) is 168 Å². The standard InChI is InChI=1S/C43H45Br2N7O7S/c1-27(32-12-18-39(19-13-32)52(56)57)48-41(53)29(3)47-25-38(24-37-7-5-6-20-46-37)50-43(55)34-21-33(42(54)49-28(2)31-10-16-36(45)17-11-31)22-40(23-34)51(60(4,58)59)26-30-8-14-35(44)15-9-30/h5-23,27-29,38,47H,24-26H2,1-4H3,(H,48,53)(H,49,54)(H,50,55)/t27-,28-,29+,38+/m1/s1.